The van der Waals surface area contributed by atoms with E-state index in [1.807, 2.05) is 0 Å². The van der Waals surface area contributed by atoms with Gasteiger partial charge in [0.25, 0.3) is 0 Å². The van der Waals surface area contributed by atoms with Crippen molar-refractivity contribution >= 4 is 17.7 Å². The lowest BCUT2D eigenvalue weighted by Crippen LogP contribution is -2.51. The molecule has 14 heteroatoms. The Morgan fingerprint density at radius 2 is 1.47 bits per heavy atom. The van der Waals surface area contributed by atoms with Gasteiger partial charge in [0.15, 0.2) is 0 Å². The number of hydrogen-bond acceptors (Lipinski definition) is 4. The van der Waals surface area contributed by atoms with Gasteiger partial charge in [-0.2, -0.15) is 26.3 Å². The van der Waals surface area contributed by atoms with Crippen LogP contribution in [0.25, 0.3) is 0 Å². The largest absolute Gasteiger partial charge is 0.416 e. The van der Waals surface area contributed by atoms with Crippen molar-refractivity contribution in [3.8, 4) is 0 Å². The number of piperidine rings is 2. The van der Waals surface area contributed by atoms with E-state index in [4.69, 9.17) is 5.11 Å². The molecule has 2 atom stereocenters. The number of carbonyl (C=O) groups excluding carboxylic acids is 3. The second kappa shape index (κ2) is 13.4. The van der Waals surface area contributed by atoms with Crippen molar-refractivity contribution in [2.45, 2.75) is 51.0 Å². The summed E-state index contributed by atoms with van der Waals surface area (Å²) < 4.78 is 94.4. The predicted molar refractivity (Wildman–Crippen MR) is 148 cm³/mol. The molecule has 0 aliphatic carbocycles. The monoisotopic (exact) mass is 645 g/mol. The number of carbonyl (C=O) groups is 3. The van der Waals surface area contributed by atoms with Crippen molar-refractivity contribution in [2.75, 3.05) is 39.8 Å². The lowest BCUT2D eigenvalue weighted by Gasteiger charge is -2.42. The summed E-state index contributed by atoms with van der Waals surface area (Å²) >= 11 is 0. The summed E-state index contributed by atoms with van der Waals surface area (Å²) in [6.45, 7) is 1.39. The summed E-state index contributed by atoms with van der Waals surface area (Å²) in [6.07, 6.45) is -9.12. The standard InChI is InChI=1S/C31H34F7N3O4/c1-18-11-23(32)3-4-24(18)26-16-41(28(44)20-5-8-40(9-6-20)27(43)17-42)10-7-25(26)29(45)39(2)15-19-12-21(30(33,34)35)14-22(13-19)31(36,37)38/h3-4,11-14,20,25-26,42H,5-10,15-17H2,1-2H3/t25-,26?/m0/s1. The van der Waals surface area contributed by atoms with Crippen molar-refractivity contribution in [3.05, 3.63) is 70.0 Å². The summed E-state index contributed by atoms with van der Waals surface area (Å²) in [7, 11) is 1.30. The minimum absolute atomic E-state index is 0.0275. The molecule has 2 aromatic rings. The average Bonchev–Trinajstić information content (AvgIpc) is 2.98. The summed E-state index contributed by atoms with van der Waals surface area (Å²) in [5.41, 5.74) is -2.18. The Labute approximate surface area is 255 Å². The van der Waals surface area contributed by atoms with Crippen LogP contribution in [0.3, 0.4) is 0 Å². The van der Waals surface area contributed by atoms with Gasteiger partial charge in [-0.3, -0.25) is 14.4 Å². The molecular weight excluding hydrogens is 611 g/mol. The van der Waals surface area contributed by atoms with Gasteiger partial charge in [0.2, 0.25) is 17.7 Å². The molecule has 0 bridgehead atoms. The Bertz CT molecular complexity index is 1390. The predicted octanol–water partition coefficient (Wildman–Crippen LogP) is 4.99. The van der Waals surface area contributed by atoms with Crippen LogP contribution in [0.15, 0.2) is 36.4 Å². The van der Waals surface area contributed by atoms with Crippen LogP contribution in [0.1, 0.15) is 53.0 Å². The Kier molecular flexibility index (Phi) is 10.1. The zero-order valence-electron chi connectivity index (χ0n) is 24.7. The van der Waals surface area contributed by atoms with Crippen molar-refractivity contribution in [1.82, 2.24) is 14.7 Å². The first-order chi connectivity index (χ1) is 21.0. The van der Waals surface area contributed by atoms with E-state index in [1.165, 1.54) is 30.1 Å². The zero-order chi connectivity index (χ0) is 33.3. The van der Waals surface area contributed by atoms with E-state index in [0.717, 1.165) is 4.90 Å². The first-order valence-corrected chi connectivity index (χ1v) is 14.5. The van der Waals surface area contributed by atoms with E-state index < -0.39 is 66.1 Å². The van der Waals surface area contributed by atoms with E-state index in [9.17, 15) is 45.1 Å². The Morgan fingerprint density at radius 3 is 2.00 bits per heavy atom. The maximum absolute atomic E-state index is 14.0. The molecule has 2 fully saturated rings. The summed E-state index contributed by atoms with van der Waals surface area (Å²) in [5, 5.41) is 9.11. The Balaban J connectivity index is 1.56. The quantitative estimate of drug-likeness (QED) is 0.449. The number of halogens is 7. The average molecular weight is 646 g/mol. The van der Waals surface area contributed by atoms with Crippen LogP contribution < -0.4 is 0 Å². The van der Waals surface area contributed by atoms with Gasteiger partial charge in [-0.15, -0.1) is 0 Å². The highest BCUT2D eigenvalue weighted by molar-refractivity contribution is 5.83. The minimum Gasteiger partial charge on any atom is -0.387 e. The van der Waals surface area contributed by atoms with Crippen molar-refractivity contribution in [2.24, 2.45) is 11.8 Å². The summed E-state index contributed by atoms with van der Waals surface area (Å²) in [5.74, 6) is -3.43. The van der Waals surface area contributed by atoms with Gasteiger partial charge in [-0.05, 0) is 73.2 Å². The van der Waals surface area contributed by atoms with Crippen LogP contribution in [0.5, 0.6) is 0 Å². The third-order valence-corrected chi connectivity index (χ3v) is 8.65. The number of alkyl halides is 6. The second-order valence-electron chi connectivity index (χ2n) is 11.7. The van der Waals surface area contributed by atoms with Crippen LogP contribution in [0, 0.1) is 24.6 Å². The topological polar surface area (TPSA) is 81.2 Å². The minimum atomic E-state index is -5.03. The first-order valence-electron chi connectivity index (χ1n) is 14.5. The van der Waals surface area contributed by atoms with Crippen LogP contribution in [-0.4, -0.2) is 77.4 Å². The molecule has 0 spiro atoms. The van der Waals surface area contributed by atoms with Crippen molar-refractivity contribution in [1.29, 1.82) is 0 Å². The molecule has 0 aromatic heterocycles. The number of amides is 3. The molecule has 4 rings (SSSR count). The molecule has 0 saturated carbocycles. The van der Waals surface area contributed by atoms with Crippen LogP contribution >= 0.6 is 0 Å². The highest BCUT2D eigenvalue weighted by atomic mass is 19.4. The third-order valence-electron chi connectivity index (χ3n) is 8.65. The zero-order valence-corrected chi connectivity index (χ0v) is 24.7. The normalized spacial score (nSPS) is 19.9. The highest BCUT2D eigenvalue weighted by Crippen LogP contribution is 2.39. The summed E-state index contributed by atoms with van der Waals surface area (Å²) in [4.78, 5) is 43.3. The van der Waals surface area contributed by atoms with Gasteiger partial charge >= 0.3 is 12.4 Å². The molecule has 246 valence electrons. The van der Waals surface area contributed by atoms with E-state index >= 15 is 0 Å². The number of nitrogens with zero attached hydrogens (tertiary/aromatic N) is 3. The van der Waals surface area contributed by atoms with Crippen molar-refractivity contribution in [3.63, 3.8) is 0 Å². The van der Waals surface area contributed by atoms with E-state index in [-0.39, 0.29) is 43.0 Å². The maximum atomic E-state index is 14.0. The third kappa shape index (κ3) is 7.95. The lowest BCUT2D eigenvalue weighted by molar-refractivity contribution is -0.145. The molecule has 2 heterocycles. The molecular formula is C31H34F7N3O4. The SMILES string of the molecule is Cc1cc(F)ccc1C1CN(C(=O)C2CCN(C(=O)CO)CC2)CC[C@@H]1C(=O)N(C)Cc1cc(C(F)(F)F)cc(C(F)(F)F)c1. The molecule has 1 unspecified atom stereocenters. The molecule has 45 heavy (non-hydrogen) atoms. The smallest absolute Gasteiger partial charge is 0.387 e. The van der Waals surface area contributed by atoms with Crippen LogP contribution in [0.4, 0.5) is 30.7 Å². The van der Waals surface area contributed by atoms with Gasteiger partial charge in [0, 0.05) is 57.5 Å². The van der Waals surface area contributed by atoms with Gasteiger partial charge in [-0.25, -0.2) is 4.39 Å². The lowest BCUT2D eigenvalue weighted by atomic mass is 9.77. The number of rotatable bonds is 6. The van der Waals surface area contributed by atoms with E-state index in [2.05, 4.69) is 0 Å². The maximum Gasteiger partial charge on any atom is 0.416 e. The Hall–Kier alpha value is -3.68. The molecule has 1 N–H and O–H groups in total. The second-order valence-corrected chi connectivity index (χ2v) is 11.7. The molecule has 2 aromatic carbocycles. The van der Waals surface area contributed by atoms with E-state index in [1.54, 1.807) is 11.8 Å². The Morgan fingerprint density at radius 1 is 0.889 bits per heavy atom. The van der Waals surface area contributed by atoms with Crippen LogP contribution in [0.2, 0.25) is 0 Å². The first kappa shape index (κ1) is 34.2. The molecule has 3 amide bonds. The number of hydrogen-bond donors (Lipinski definition) is 1. The van der Waals surface area contributed by atoms with Gasteiger partial charge in [0.05, 0.1) is 11.1 Å². The highest BCUT2D eigenvalue weighted by Gasteiger charge is 2.41. The number of aliphatic hydroxyl groups excluding tert-OH is 1. The molecule has 2 aliphatic rings. The van der Waals surface area contributed by atoms with E-state index in [0.29, 0.717) is 49.2 Å². The molecule has 7 nitrogen and oxygen atoms in total. The van der Waals surface area contributed by atoms with Crippen LogP contribution in [-0.2, 0) is 33.3 Å². The molecule has 2 saturated heterocycles. The van der Waals surface area contributed by atoms with Gasteiger partial charge in [0.1, 0.15) is 12.4 Å². The molecule has 0 radical (unpaired) electrons. The number of likely N-dealkylation sites (tertiary alicyclic amines) is 2. The van der Waals surface area contributed by atoms with Crippen molar-refractivity contribution < 1.29 is 50.2 Å². The van der Waals surface area contributed by atoms with Gasteiger partial charge < -0.3 is 19.8 Å². The number of benzene rings is 2. The summed E-state index contributed by atoms with van der Waals surface area (Å²) in [6, 6.07) is 5.23. The fraction of sp³-hybridized carbons (Fsp3) is 0.516. The number of aryl methyl sites for hydroxylation is 1. The fourth-order valence-corrected chi connectivity index (χ4v) is 6.30. The van der Waals surface area contributed by atoms with Gasteiger partial charge in [-0.1, -0.05) is 6.07 Å². The fourth-order valence-electron chi connectivity index (χ4n) is 6.30. The number of aliphatic hydroxyl groups is 1. The molecule has 2 aliphatic heterocycles.